The Kier molecular flexibility index (Phi) is 10.9. The van der Waals surface area contributed by atoms with Crippen molar-refractivity contribution in [2.75, 3.05) is 26.8 Å². The summed E-state index contributed by atoms with van der Waals surface area (Å²) in [5, 5.41) is 14.3. The van der Waals surface area contributed by atoms with E-state index in [0.717, 1.165) is 31.2 Å². The number of alkyl halides is 5. The minimum atomic E-state index is -4.38. The molecule has 15 heteroatoms. The lowest BCUT2D eigenvalue weighted by molar-refractivity contribution is -0.183. The smallest absolute Gasteiger partial charge is 0.381 e. The molecule has 1 aliphatic carbocycles. The maximum absolute atomic E-state index is 13.7. The summed E-state index contributed by atoms with van der Waals surface area (Å²) in [6.45, 7) is 3.44. The Bertz CT molecular complexity index is 1510. The summed E-state index contributed by atoms with van der Waals surface area (Å²) in [5.41, 5.74) is 3.40. The zero-order valence-electron chi connectivity index (χ0n) is 26.6. The lowest BCUT2D eigenvalue weighted by Gasteiger charge is -2.32. The van der Waals surface area contributed by atoms with E-state index in [9.17, 15) is 31.5 Å². The van der Waals surface area contributed by atoms with E-state index in [1.807, 2.05) is 13.0 Å². The fourth-order valence-electron chi connectivity index (χ4n) is 6.95. The summed E-state index contributed by atoms with van der Waals surface area (Å²) in [6.07, 6.45) is 1.59. The number of nitrogens with zero attached hydrogens (tertiary/aromatic N) is 5. The predicted octanol–water partition coefficient (Wildman–Crippen LogP) is 5.28. The van der Waals surface area contributed by atoms with Gasteiger partial charge in [0.1, 0.15) is 5.69 Å². The monoisotopic (exact) mass is 667 g/mol. The van der Waals surface area contributed by atoms with Crippen molar-refractivity contribution in [3.63, 3.8) is 0 Å². The number of amides is 1. The average molecular weight is 668 g/mol. The van der Waals surface area contributed by atoms with Crippen molar-refractivity contribution < 1.29 is 36.3 Å². The van der Waals surface area contributed by atoms with Gasteiger partial charge < -0.3 is 15.4 Å². The van der Waals surface area contributed by atoms with Crippen LogP contribution in [-0.2, 0) is 22.5 Å². The second-order valence-corrected chi connectivity index (χ2v) is 12.7. The number of hydrogen-bond acceptors (Lipinski definition) is 7. The van der Waals surface area contributed by atoms with E-state index in [4.69, 9.17) is 14.8 Å². The number of carbonyl (C=O) groups is 2. The molecule has 0 aromatic carbocycles. The summed E-state index contributed by atoms with van der Waals surface area (Å²) in [7, 11) is 1.78. The highest BCUT2D eigenvalue weighted by Crippen LogP contribution is 2.41. The second kappa shape index (κ2) is 14.8. The first-order chi connectivity index (χ1) is 22.4. The Morgan fingerprint density at radius 1 is 1.19 bits per heavy atom. The first-order valence-corrected chi connectivity index (χ1v) is 16.3. The molecule has 2 N–H and O–H groups in total. The van der Waals surface area contributed by atoms with E-state index < -0.39 is 30.5 Å². The molecule has 10 nitrogen and oxygen atoms in total. The topological polar surface area (TPSA) is 115 Å². The molecule has 5 heterocycles. The molecule has 1 amide bonds. The predicted molar refractivity (Wildman–Crippen MR) is 162 cm³/mol. The number of aromatic nitrogens is 5. The van der Waals surface area contributed by atoms with E-state index >= 15 is 0 Å². The van der Waals surface area contributed by atoms with Crippen LogP contribution in [0.15, 0.2) is 24.5 Å². The molecule has 0 bridgehead atoms. The minimum Gasteiger partial charge on any atom is -0.381 e. The Morgan fingerprint density at radius 3 is 2.53 bits per heavy atom. The quantitative estimate of drug-likeness (QED) is 0.248. The van der Waals surface area contributed by atoms with E-state index in [1.54, 1.807) is 34.7 Å². The molecule has 6 rings (SSSR count). The lowest BCUT2D eigenvalue weighted by atomic mass is 9.81. The van der Waals surface area contributed by atoms with Gasteiger partial charge in [-0.3, -0.25) is 14.3 Å². The van der Waals surface area contributed by atoms with E-state index in [2.05, 4.69) is 15.7 Å². The summed E-state index contributed by atoms with van der Waals surface area (Å²) >= 11 is 0. The number of ether oxygens (including phenoxy) is 1. The number of fused-ring (bicyclic) bond motifs is 1. The average Bonchev–Trinajstić information content (AvgIpc) is 3.69. The number of rotatable bonds is 8. The molecule has 0 spiro atoms. The standard InChI is InChI=1S/C26H34F5N5O2.C6H8N2O/c1-32-23(16-2-6-25(27,28)7-3-16)21-14-36-22(34-21)12-19(15-4-8-38-9-5-15)20(35-36)11-17-10-18(26(29,30)31)13-33-24(17)37;1-2-8-6(5-9)3-4-7-8/h12,14-18,23,32H,2-11,13H2,1H3,(H,33,37);3-5H,2H2,1H3. The molecule has 258 valence electrons. The highest BCUT2D eigenvalue weighted by molar-refractivity contribution is 5.79. The molecular weight excluding hydrogens is 625 g/mol. The van der Waals surface area contributed by atoms with Crippen molar-refractivity contribution >= 4 is 17.8 Å². The largest absolute Gasteiger partial charge is 0.393 e. The highest BCUT2D eigenvalue weighted by atomic mass is 19.4. The SMILES string of the molecule is CCn1nccc1C=O.CNC(c1cn2nc(CC3CC(C(F)(F)F)CNC3=O)c(C3CCOCC3)cc2n1)C1CCC(F)(F)CC1. The number of aryl methyl sites for hydroxylation is 1. The number of hydrogen-bond donors (Lipinski definition) is 2. The van der Waals surface area contributed by atoms with Crippen molar-refractivity contribution in [3.05, 3.63) is 47.2 Å². The molecule has 3 unspecified atom stereocenters. The molecule has 1 saturated carbocycles. The van der Waals surface area contributed by atoms with Crippen molar-refractivity contribution in [3.8, 4) is 0 Å². The minimum absolute atomic E-state index is 0.00390. The van der Waals surface area contributed by atoms with Crippen LogP contribution >= 0.6 is 0 Å². The molecular formula is C32H42F5N7O3. The third-order valence-corrected chi connectivity index (χ3v) is 9.64. The third kappa shape index (κ3) is 8.34. The summed E-state index contributed by atoms with van der Waals surface area (Å²) in [4.78, 5) is 27.5. The third-order valence-electron chi connectivity index (χ3n) is 9.64. The molecule has 47 heavy (non-hydrogen) atoms. The van der Waals surface area contributed by atoms with Crippen molar-refractivity contribution in [1.82, 2.24) is 35.0 Å². The maximum Gasteiger partial charge on any atom is 0.393 e. The number of halogens is 5. The number of imidazole rings is 1. The Labute approximate surface area is 269 Å². The van der Waals surface area contributed by atoms with Gasteiger partial charge in [-0.15, -0.1) is 0 Å². The van der Waals surface area contributed by atoms with Gasteiger partial charge in [-0.2, -0.15) is 23.4 Å². The van der Waals surface area contributed by atoms with Crippen LogP contribution in [0.3, 0.4) is 0 Å². The molecule has 2 aliphatic heterocycles. The number of nitrogens with one attached hydrogen (secondary N) is 2. The van der Waals surface area contributed by atoms with E-state index in [1.165, 1.54) is 0 Å². The van der Waals surface area contributed by atoms with Gasteiger partial charge in [0.05, 0.1) is 29.5 Å². The van der Waals surface area contributed by atoms with Crippen LogP contribution in [0.5, 0.6) is 0 Å². The van der Waals surface area contributed by atoms with Gasteiger partial charge in [0.2, 0.25) is 11.8 Å². The molecule has 2 saturated heterocycles. The van der Waals surface area contributed by atoms with Gasteiger partial charge in [0.25, 0.3) is 0 Å². The van der Waals surface area contributed by atoms with Crippen LogP contribution in [0.2, 0.25) is 0 Å². The van der Waals surface area contributed by atoms with Crippen LogP contribution < -0.4 is 10.6 Å². The maximum atomic E-state index is 13.7. The highest BCUT2D eigenvalue weighted by Gasteiger charge is 2.45. The van der Waals surface area contributed by atoms with Crippen LogP contribution in [0, 0.1) is 17.8 Å². The van der Waals surface area contributed by atoms with Gasteiger partial charge in [-0.05, 0) is 75.6 Å². The lowest BCUT2D eigenvalue weighted by Crippen LogP contribution is -2.47. The van der Waals surface area contributed by atoms with Crippen LogP contribution in [0.25, 0.3) is 5.65 Å². The first-order valence-electron chi connectivity index (χ1n) is 16.3. The van der Waals surface area contributed by atoms with Crippen molar-refractivity contribution in [2.45, 2.75) is 88.9 Å². The van der Waals surface area contributed by atoms with Gasteiger partial charge in [0.15, 0.2) is 11.9 Å². The number of aldehydes is 1. The van der Waals surface area contributed by atoms with Gasteiger partial charge in [0, 0.05) is 57.7 Å². The van der Waals surface area contributed by atoms with Crippen molar-refractivity contribution in [1.29, 1.82) is 0 Å². The fourth-order valence-corrected chi connectivity index (χ4v) is 6.95. The Morgan fingerprint density at radius 2 is 1.91 bits per heavy atom. The van der Waals surface area contributed by atoms with Crippen molar-refractivity contribution in [2.24, 2.45) is 17.8 Å². The Balaban J connectivity index is 0.000000417. The first kappa shape index (κ1) is 34.9. The molecule has 3 atom stereocenters. The normalized spacial score (nSPS) is 23.2. The molecule has 3 fully saturated rings. The van der Waals surface area contributed by atoms with E-state index in [-0.39, 0.29) is 49.5 Å². The van der Waals surface area contributed by atoms with Crippen LogP contribution in [0.1, 0.15) is 91.3 Å². The zero-order valence-corrected chi connectivity index (χ0v) is 26.6. The number of carbonyl (C=O) groups excluding carboxylic acids is 2. The van der Waals surface area contributed by atoms with E-state index in [0.29, 0.717) is 48.8 Å². The second-order valence-electron chi connectivity index (χ2n) is 12.7. The molecule has 3 aliphatic rings. The summed E-state index contributed by atoms with van der Waals surface area (Å²) in [5.74, 6) is -5.33. The van der Waals surface area contributed by atoms with Crippen LogP contribution in [-0.4, -0.2) is 75.5 Å². The van der Waals surface area contributed by atoms with Gasteiger partial charge in [-0.25, -0.2) is 18.3 Å². The molecule has 0 radical (unpaired) electrons. The Hall–Kier alpha value is -3.46. The van der Waals surface area contributed by atoms with Gasteiger partial charge >= 0.3 is 6.18 Å². The molecule has 3 aromatic rings. The molecule has 3 aromatic heterocycles. The van der Waals surface area contributed by atoms with Crippen LogP contribution in [0.4, 0.5) is 22.0 Å². The number of piperidine rings is 1. The fraction of sp³-hybridized carbons (Fsp3) is 0.656. The summed E-state index contributed by atoms with van der Waals surface area (Å²) < 4.78 is 76.5. The van der Waals surface area contributed by atoms with Gasteiger partial charge in [-0.1, -0.05) is 0 Å². The zero-order chi connectivity index (χ0) is 33.8. The summed E-state index contributed by atoms with van der Waals surface area (Å²) in [6, 6.07) is 3.39.